The third kappa shape index (κ3) is 4.07. The molecule has 5 rings (SSSR count). The van der Waals surface area contributed by atoms with Crippen LogP contribution in [-0.2, 0) is 4.79 Å². The summed E-state index contributed by atoms with van der Waals surface area (Å²) in [7, 11) is 0. The van der Waals surface area contributed by atoms with E-state index in [2.05, 4.69) is 42.7 Å². The van der Waals surface area contributed by atoms with E-state index in [4.69, 9.17) is 0 Å². The van der Waals surface area contributed by atoms with Crippen molar-refractivity contribution in [2.75, 3.05) is 23.3 Å². The Labute approximate surface area is 179 Å². The zero-order chi connectivity index (χ0) is 20.3. The molecule has 4 heterocycles. The van der Waals surface area contributed by atoms with Gasteiger partial charge in [-0.25, -0.2) is 10.9 Å². The lowest BCUT2D eigenvalue weighted by molar-refractivity contribution is -0.117. The molecular formula is C22H24N6OS. The molecule has 8 heteroatoms. The molecule has 3 aromatic rings. The molecule has 2 saturated heterocycles. The Hall–Kier alpha value is -2.81. The molecule has 0 spiro atoms. The summed E-state index contributed by atoms with van der Waals surface area (Å²) in [4.78, 5) is 16.1. The molecule has 0 bridgehead atoms. The van der Waals surface area contributed by atoms with Gasteiger partial charge in [-0.3, -0.25) is 4.79 Å². The number of carbonyl (C=O) groups excluding carboxylic acids is 1. The molecule has 2 fully saturated rings. The minimum absolute atomic E-state index is 0.0379. The third-order valence-corrected chi connectivity index (χ3v) is 6.62. The van der Waals surface area contributed by atoms with Crippen LogP contribution in [0.15, 0.2) is 53.9 Å². The van der Waals surface area contributed by atoms with Crippen molar-refractivity contribution < 1.29 is 4.79 Å². The zero-order valence-corrected chi connectivity index (χ0v) is 17.4. The number of benzene rings is 1. The lowest BCUT2D eigenvalue weighted by Crippen LogP contribution is -2.39. The number of aromatic nitrogens is 2. The van der Waals surface area contributed by atoms with Crippen molar-refractivity contribution in [1.82, 2.24) is 21.0 Å². The van der Waals surface area contributed by atoms with Gasteiger partial charge in [0, 0.05) is 29.2 Å². The highest BCUT2D eigenvalue weighted by atomic mass is 32.1. The second kappa shape index (κ2) is 8.51. The van der Waals surface area contributed by atoms with E-state index in [1.54, 1.807) is 11.3 Å². The Morgan fingerprint density at radius 3 is 2.57 bits per heavy atom. The molecule has 2 atom stereocenters. The number of nitrogens with zero attached hydrogens (tertiary/aromatic N) is 3. The lowest BCUT2D eigenvalue weighted by Gasteiger charge is -2.15. The van der Waals surface area contributed by atoms with Crippen molar-refractivity contribution in [2.45, 2.75) is 31.3 Å². The van der Waals surface area contributed by atoms with Crippen molar-refractivity contribution in [3.05, 3.63) is 58.8 Å². The number of thiophene rings is 1. The molecule has 3 N–H and O–H groups in total. The Morgan fingerprint density at radius 1 is 1.03 bits per heavy atom. The van der Waals surface area contributed by atoms with Crippen LogP contribution in [-0.4, -0.2) is 35.2 Å². The van der Waals surface area contributed by atoms with Crippen LogP contribution in [0.5, 0.6) is 0 Å². The van der Waals surface area contributed by atoms with Gasteiger partial charge in [-0.15, -0.1) is 21.5 Å². The number of hydrogen-bond acceptors (Lipinski definition) is 7. The Morgan fingerprint density at radius 2 is 1.87 bits per heavy atom. The van der Waals surface area contributed by atoms with Crippen LogP contribution >= 0.6 is 11.3 Å². The van der Waals surface area contributed by atoms with Crippen molar-refractivity contribution in [1.29, 1.82) is 0 Å². The van der Waals surface area contributed by atoms with E-state index < -0.39 is 0 Å². The summed E-state index contributed by atoms with van der Waals surface area (Å²) in [5, 5.41) is 13.8. The van der Waals surface area contributed by atoms with Gasteiger partial charge in [-0.05, 0) is 55.0 Å². The van der Waals surface area contributed by atoms with E-state index >= 15 is 0 Å². The lowest BCUT2D eigenvalue weighted by atomic mass is 10.1. The fourth-order valence-corrected chi connectivity index (χ4v) is 4.74. The summed E-state index contributed by atoms with van der Waals surface area (Å²) in [6.07, 6.45) is 3.17. The summed E-state index contributed by atoms with van der Waals surface area (Å²) >= 11 is 1.70. The fraction of sp³-hybridized carbons (Fsp3) is 0.318. The van der Waals surface area contributed by atoms with Gasteiger partial charge in [0.05, 0.1) is 11.7 Å². The molecule has 2 aliphatic rings. The molecular weight excluding hydrogens is 396 g/mol. The second-order valence-electron chi connectivity index (χ2n) is 7.68. The van der Waals surface area contributed by atoms with Gasteiger partial charge in [0.1, 0.15) is 6.04 Å². The molecule has 0 radical (unpaired) electrons. The van der Waals surface area contributed by atoms with Gasteiger partial charge in [-0.2, -0.15) is 0 Å². The number of amides is 1. The predicted octanol–water partition coefficient (Wildman–Crippen LogP) is 3.35. The summed E-state index contributed by atoms with van der Waals surface area (Å²) < 4.78 is 0. The van der Waals surface area contributed by atoms with Gasteiger partial charge in [0.25, 0.3) is 0 Å². The highest BCUT2D eigenvalue weighted by molar-refractivity contribution is 7.10. The van der Waals surface area contributed by atoms with E-state index in [0.717, 1.165) is 42.3 Å². The predicted molar refractivity (Wildman–Crippen MR) is 119 cm³/mol. The topological polar surface area (TPSA) is 82.2 Å². The number of carbonyl (C=O) groups is 1. The maximum absolute atomic E-state index is 12.6. The van der Waals surface area contributed by atoms with E-state index in [1.165, 1.54) is 17.7 Å². The fourth-order valence-electron chi connectivity index (χ4n) is 3.95. The maximum Gasteiger partial charge on any atom is 0.242 e. The molecule has 2 aromatic heterocycles. The number of hydrogen-bond donors (Lipinski definition) is 3. The van der Waals surface area contributed by atoms with Gasteiger partial charge >= 0.3 is 0 Å². The van der Waals surface area contributed by atoms with Crippen LogP contribution in [0.1, 0.15) is 30.2 Å². The number of nitrogens with one attached hydrogen (secondary N) is 3. The van der Waals surface area contributed by atoms with Crippen LogP contribution in [0.2, 0.25) is 0 Å². The van der Waals surface area contributed by atoms with Crippen LogP contribution in [0, 0.1) is 0 Å². The maximum atomic E-state index is 12.6. The van der Waals surface area contributed by atoms with Crippen LogP contribution in [0.25, 0.3) is 11.3 Å². The summed E-state index contributed by atoms with van der Waals surface area (Å²) in [6, 6.07) is 15.8. The SMILES string of the molecule is O=C(Nc1ccc(-c2ccc(N3CCCC3)nn2)cc1)C1CC(c2cccs2)NN1. The Balaban J connectivity index is 1.19. The molecule has 0 saturated carbocycles. The molecule has 7 nitrogen and oxygen atoms in total. The third-order valence-electron chi connectivity index (χ3n) is 5.64. The first-order valence-electron chi connectivity index (χ1n) is 10.3. The van der Waals surface area contributed by atoms with Crippen LogP contribution in [0.3, 0.4) is 0 Å². The number of anilines is 2. The molecule has 0 aliphatic carbocycles. The smallest absolute Gasteiger partial charge is 0.242 e. The summed E-state index contributed by atoms with van der Waals surface area (Å²) in [5.74, 6) is 0.905. The van der Waals surface area contributed by atoms with Crippen molar-refractivity contribution >= 4 is 28.7 Å². The molecule has 1 aromatic carbocycles. The first-order valence-corrected chi connectivity index (χ1v) is 11.2. The zero-order valence-electron chi connectivity index (χ0n) is 16.5. The first kappa shape index (κ1) is 19.2. The summed E-state index contributed by atoms with van der Waals surface area (Å²) in [6.45, 7) is 2.11. The van der Waals surface area contributed by atoms with Gasteiger partial charge in [-0.1, -0.05) is 18.2 Å². The minimum Gasteiger partial charge on any atom is -0.355 e. The molecule has 2 unspecified atom stereocenters. The normalized spacial score (nSPS) is 21.1. The van der Waals surface area contributed by atoms with E-state index in [1.807, 2.05) is 42.5 Å². The Kier molecular flexibility index (Phi) is 5.44. The Bertz CT molecular complexity index is 983. The number of rotatable bonds is 5. The number of hydrazine groups is 1. The molecule has 2 aliphatic heterocycles. The average molecular weight is 421 g/mol. The van der Waals surface area contributed by atoms with Crippen LogP contribution in [0.4, 0.5) is 11.5 Å². The summed E-state index contributed by atoms with van der Waals surface area (Å²) in [5.41, 5.74) is 8.89. The van der Waals surface area contributed by atoms with Crippen molar-refractivity contribution in [2.24, 2.45) is 0 Å². The first-order chi connectivity index (χ1) is 14.8. The quantitative estimate of drug-likeness (QED) is 0.587. The van der Waals surface area contributed by atoms with Gasteiger partial charge in [0.2, 0.25) is 5.91 Å². The van der Waals surface area contributed by atoms with E-state index in [9.17, 15) is 4.79 Å². The monoisotopic (exact) mass is 420 g/mol. The van der Waals surface area contributed by atoms with Crippen molar-refractivity contribution in [3.8, 4) is 11.3 Å². The standard InChI is InChI=1S/C22H24N6OS/c29-22(19-14-18(25-26-19)20-4-3-13-30-20)23-16-7-5-15(6-8-16)17-9-10-21(27-24-17)28-11-1-2-12-28/h3-10,13,18-19,25-26H,1-2,11-12,14H2,(H,23,29). The van der Waals surface area contributed by atoms with Crippen LogP contribution < -0.4 is 21.1 Å². The van der Waals surface area contributed by atoms with Crippen molar-refractivity contribution in [3.63, 3.8) is 0 Å². The van der Waals surface area contributed by atoms with E-state index in [0.29, 0.717) is 0 Å². The molecule has 154 valence electrons. The average Bonchev–Trinajstić information content (AvgIpc) is 3.57. The molecule has 1 amide bonds. The molecule has 30 heavy (non-hydrogen) atoms. The van der Waals surface area contributed by atoms with Gasteiger partial charge in [0.15, 0.2) is 5.82 Å². The largest absolute Gasteiger partial charge is 0.355 e. The minimum atomic E-state index is -0.263. The van der Waals surface area contributed by atoms with E-state index in [-0.39, 0.29) is 18.0 Å². The highest BCUT2D eigenvalue weighted by Gasteiger charge is 2.30. The highest BCUT2D eigenvalue weighted by Crippen LogP contribution is 2.27. The second-order valence-corrected chi connectivity index (χ2v) is 8.66. The van der Waals surface area contributed by atoms with Gasteiger partial charge < -0.3 is 10.2 Å².